The van der Waals surface area contributed by atoms with E-state index in [0.717, 1.165) is 46.6 Å². The van der Waals surface area contributed by atoms with Crippen molar-refractivity contribution < 1.29 is 14.3 Å². The molecule has 5 nitrogen and oxygen atoms in total. The lowest BCUT2D eigenvalue weighted by atomic mass is 9.99. The summed E-state index contributed by atoms with van der Waals surface area (Å²) in [6.45, 7) is 3.98. The fourth-order valence-corrected chi connectivity index (χ4v) is 5.70. The number of nitrogens with two attached hydrogens (primary N) is 1. The highest BCUT2D eigenvalue weighted by molar-refractivity contribution is 5.96. The third kappa shape index (κ3) is 5.24. The Labute approximate surface area is 206 Å². The predicted octanol–water partition coefficient (Wildman–Crippen LogP) is 6.54. The van der Waals surface area contributed by atoms with Crippen molar-refractivity contribution in [3.8, 4) is 16.9 Å². The van der Waals surface area contributed by atoms with Gasteiger partial charge in [0.1, 0.15) is 12.0 Å². The summed E-state index contributed by atoms with van der Waals surface area (Å²) in [5.41, 5.74) is 11.3. The molecule has 2 unspecified atom stereocenters. The van der Waals surface area contributed by atoms with Gasteiger partial charge in [0.25, 0.3) is 0 Å². The van der Waals surface area contributed by atoms with Crippen LogP contribution in [0.15, 0.2) is 77.6 Å². The minimum absolute atomic E-state index is 0.0678. The van der Waals surface area contributed by atoms with E-state index in [2.05, 4.69) is 35.8 Å². The van der Waals surface area contributed by atoms with Crippen molar-refractivity contribution in [2.24, 2.45) is 17.8 Å². The third-order valence-electron chi connectivity index (χ3n) is 7.66. The number of nitrogen functional groups attached to an aromatic ring is 1. The van der Waals surface area contributed by atoms with Crippen molar-refractivity contribution in [3.63, 3.8) is 0 Å². The molecule has 5 heteroatoms. The molecule has 180 valence electrons. The van der Waals surface area contributed by atoms with Crippen molar-refractivity contribution in [3.05, 3.63) is 90.0 Å². The Hall–Kier alpha value is -3.60. The van der Waals surface area contributed by atoms with Gasteiger partial charge in [0.05, 0.1) is 5.56 Å². The van der Waals surface area contributed by atoms with E-state index in [9.17, 15) is 9.90 Å². The van der Waals surface area contributed by atoms with Gasteiger partial charge in [-0.15, -0.1) is 6.58 Å². The average Bonchev–Trinajstić information content (AvgIpc) is 3.57. The molecule has 2 aromatic heterocycles. The Balaban J connectivity index is 1.20. The average molecular weight is 469 g/mol. The van der Waals surface area contributed by atoms with Gasteiger partial charge < -0.3 is 15.3 Å². The van der Waals surface area contributed by atoms with Crippen LogP contribution in [0, 0.1) is 17.8 Å². The zero-order chi connectivity index (χ0) is 24.4. The predicted molar refractivity (Wildman–Crippen MR) is 138 cm³/mol. The highest BCUT2D eigenvalue weighted by Crippen LogP contribution is 2.49. The lowest BCUT2D eigenvalue weighted by Gasteiger charge is -2.09. The molecule has 0 bridgehead atoms. The number of rotatable bonds is 8. The number of pyridine rings is 1. The number of hydrogen-bond donors (Lipinski definition) is 2. The van der Waals surface area contributed by atoms with Gasteiger partial charge in [0.15, 0.2) is 11.7 Å². The number of aromatic nitrogens is 1. The summed E-state index contributed by atoms with van der Waals surface area (Å²) in [4.78, 5) is 17.0. The highest BCUT2D eigenvalue weighted by Gasteiger charge is 2.37. The summed E-state index contributed by atoms with van der Waals surface area (Å²) in [6.07, 6.45) is 14.4. The summed E-state index contributed by atoms with van der Waals surface area (Å²) in [5.74, 6) is 2.75. The first-order chi connectivity index (χ1) is 17.0. The van der Waals surface area contributed by atoms with E-state index in [1.165, 1.54) is 38.0 Å². The lowest BCUT2D eigenvalue weighted by molar-refractivity contribution is 0.0982. The Kier molecular flexibility index (Phi) is 6.58. The summed E-state index contributed by atoms with van der Waals surface area (Å²) in [7, 11) is 0. The first-order valence-corrected chi connectivity index (χ1v) is 12.4. The molecular formula is C30H32N2O3. The molecule has 0 saturated heterocycles. The van der Waals surface area contributed by atoms with Crippen LogP contribution in [0.2, 0.25) is 0 Å². The molecule has 2 aliphatic carbocycles. The second-order valence-corrected chi connectivity index (χ2v) is 10.0. The number of aromatic hydroxyl groups is 1. The number of furan rings is 1. The minimum Gasteiger partial charge on any atom is -0.508 e. The van der Waals surface area contributed by atoms with Crippen molar-refractivity contribution in [2.45, 2.75) is 44.9 Å². The monoisotopic (exact) mass is 468 g/mol. The molecule has 35 heavy (non-hydrogen) atoms. The number of fused-ring (bicyclic) bond motifs is 1. The summed E-state index contributed by atoms with van der Waals surface area (Å²) in [5, 5.41) is 10.3. The molecule has 2 atom stereocenters. The van der Waals surface area contributed by atoms with Gasteiger partial charge in [0, 0.05) is 36.4 Å². The maximum absolute atomic E-state index is 12.4. The van der Waals surface area contributed by atoms with Gasteiger partial charge in [-0.3, -0.25) is 9.78 Å². The van der Waals surface area contributed by atoms with Gasteiger partial charge in [-0.05, 0) is 79.2 Å². The maximum atomic E-state index is 12.4. The van der Waals surface area contributed by atoms with Crippen LogP contribution in [0.5, 0.6) is 5.75 Å². The molecule has 3 aromatic rings. The van der Waals surface area contributed by atoms with Crippen LogP contribution in [0.1, 0.15) is 53.7 Å². The van der Waals surface area contributed by atoms with Crippen LogP contribution in [0.3, 0.4) is 0 Å². The van der Waals surface area contributed by atoms with Crippen molar-refractivity contribution in [1.82, 2.24) is 4.98 Å². The molecule has 5 rings (SSSR count). The van der Waals surface area contributed by atoms with E-state index in [4.69, 9.17) is 10.2 Å². The van der Waals surface area contributed by atoms with E-state index >= 15 is 0 Å². The SMILES string of the molecule is C=CC1CC2CC(=CCc3ccc(-c4ccc(O)c(CCC(=O)c5coc(N)c5)c4)cn3)CC2C1. The molecule has 2 fully saturated rings. The van der Waals surface area contributed by atoms with Gasteiger partial charge in [-0.1, -0.05) is 29.9 Å². The van der Waals surface area contributed by atoms with Gasteiger partial charge >= 0.3 is 0 Å². The number of aryl methyl sites for hydroxylation is 1. The molecule has 1 aromatic carbocycles. The van der Waals surface area contributed by atoms with Crippen LogP contribution in [0.4, 0.5) is 5.88 Å². The Bertz CT molecular complexity index is 1240. The minimum atomic E-state index is -0.0678. The zero-order valence-electron chi connectivity index (χ0n) is 20.0. The fraction of sp³-hybridized carbons (Fsp3) is 0.333. The van der Waals surface area contributed by atoms with Crippen LogP contribution in [0.25, 0.3) is 11.1 Å². The number of allylic oxidation sites excluding steroid dienone is 3. The summed E-state index contributed by atoms with van der Waals surface area (Å²) in [6, 6.07) is 11.2. The number of phenols is 1. The Morgan fingerprint density at radius 2 is 1.91 bits per heavy atom. The Morgan fingerprint density at radius 3 is 2.57 bits per heavy atom. The van der Waals surface area contributed by atoms with Gasteiger partial charge in [-0.2, -0.15) is 0 Å². The molecule has 2 saturated carbocycles. The number of anilines is 1. The maximum Gasteiger partial charge on any atom is 0.190 e. The van der Waals surface area contributed by atoms with E-state index in [1.54, 1.807) is 11.6 Å². The van der Waals surface area contributed by atoms with Gasteiger partial charge in [0.2, 0.25) is 0 Å². The van der Waals surface area contributed by atoms with E-state index in [1.807, 2.05) is 18.3 Å². The topological polar surface area (TPSA) is 89.3 Å². The molecule has 3 N–H and O–H groups in total. The van der Waals surface area contributed by atoms with E-state index < -0.39 is 0 Å². The standard InChI is InChI=1S/C30H32N2O3/c1-2-19-11-24-13-20(14-25(24)12-19)3-7-27-8-4-23(17-32-27)21-5-9-28(33)22(15-21)6-10-29(34)26-16-30(31)35-18-26/h2-5,8-9,15-19,24-25,33H,1,6-7,10-14,31H2. The van der Waals surface area contributed by atoms with E-state index in [0.29, 0.717) is 12.0 Å². The number of ketones is 1. The number of phenolic OH excluding ortho intramolecular Hbond substituents is 1. The van der Waals surface area contributed by atoms with E-state index in [-0.39, 0.29) is 23.8 Å². The number of carbonyl (C=O) groups is 1. The second kappa shape index (κ2) is 9.95. The molecule has 0 spiro atoms. The molecular weight excluding hydrogens is 436 g/mol. The number of hydrogen-bond acceptors (Lipinski definition) is 5. The zero-order valence-corrected chi connectivity index (χ0v) is 20.0. The van der Waals surface area contributed by atoms with Gasteiger partial charge in [-0.25, -0.2) is 0 Å². The molecule has 0 radical (unpaired) electrons. The number of benzene rings is 1. The summed E-state index contributed by atoms with van der Waals surface area (Å²) < 4.78 is 5.01. The quantitative estimate of drug-likeness (QED) is 0.290. The van der Waals surface area contributed by atoms with Crippen molar-refractivity contribution in [1.29, 1.82) is 0 Å². The van der Waals surface area contributed by atoms with Crippen LogP contribution in [-0.4, -0.2) is 15.9 Å². The smallest absolute Gasteiger partial charge is 0.190 e. The molecule has 0 amide bonds. The number of carbonyl (C=O) groups excluding carboxylic acids is 1. The largest absolute Gasteiger partial charge is 0.508 e. The lowest BCUT2D eigenvalue weighted by Crippen LogP contribution is -2.00. The molecule has 0 aliphatic heterocycles. The third-order valence-corrected chi connectivity index (χ3v) is 7.66. The number of nitrogens with zero attached hydrogens (tertiary/aromatic N) is 1. The van der Waals surface area contributed by atoms with Crippen LogP contribution < -0.4 is 5.73 Å². The normalized spacial score (nSPS) is 21.1. The van der Waals surface area contributed by atoms with Crippen molar-refractivity contribution >= 4 is 11.7 Å². The first-order valence-electron chi connectivity index (χ1n) is 12.4. The van der Waals surface area contributed by atoms with Crippen LogP contribution >= 0.6 is 0 Å². The number of Topliss-reactive ketones (excluding diaryl/α,β-unsaturated/α-hetero) is 1. The Morgan fingerprint density at radius 1 is 1.14 bits per heavy atom. The second-order valence-electron chi connectivity index (χ2n) is 10.0. The summed E-state index contributed by atoms with van der Waals surface area (Å²) >= 11 is 0. The van der Waals surface area contributed by atoms with Crippen LogP contribution in [-0.2, 0) is 12.8 Å². The van der Waals surface area contributed by atoms with Crippen molar-refractivity contribution in [2.75, 3.05) is 5.73 Å². The first kappa shape index (κ1) is 23.2. The molecule has 2 heterocycles. The fourth-order valence-electron chi connectivity index (χ4n) is 5.70. The molecule has 2 aliphatic rings. The highest BCUT2D eigenvalue weighted by atomic mass is 16.3.